The van der Waals surface area contributed by atoms with E-state index in [1.807, 2.05) is 30.3 Å². The van der Waals surface area contributed by atoms with E-state index in [-0.39, 0.29) is 22.9 Å². The van der Waals surface area contributed by atoms with Crippen LogP contribution < -0.4 is 20.5 Å². The first-order valence-electron chi connectivity index (χ1n) is 13.6. The van der Waals surface area contributed by atoms with Crippen molar-refractivity contribution in [2.24, 2.45) is 5.41 Å². The topological polar surface area (TPSA) is 55.7 Å². The van der Waals surface area contributed by atoms with Gasteiger partial charge in [0.05, 0.1) is 17.5 Å². The molecule has 1 aromatic heterocycles. The molecule has 7 heteroatoms. The van der Waals surface area contributed by atoms with E-state index in [1.54, 1.807) is 12.3 Å². The number of nitrogens with zero attached hydrogens (tertiary/aromatic N) is 2. The molecule has 0 amide bonds. The lowest BCUT2D eigenvalue weighted by Gasteiger charge is -2.39. The van der Waals surface area contributed by atoms with Crippen molar-refractivity contribution in [2.45, 2.75) is 52.1 Å². The van der Waals surface area contributed by atoms with Gasteiger partial charge in [0.2, 0.25) is 0 Å². The maximum atomic E-state index is 15.5. The Morgan fingerprint density at radius 3 is 2.76 bits per heavy atom. The lowest BCUT2D eigenvalue weighted by molar-refractivity contribution is 0.0680. The number of nitrogens with one attached hydrogen (secondary N) is 1. The van der Waals surface area contributed by atoms with Gasteiger partial charge in [-0.05, 0) is 92.4 Å². The zero-order valence-electron chi connectivity index (χ0n) is 22.0. The fourth-order valence-electron chi connectivity index (χ4n) is 5.59. The maximum absolute atomic E-state index is 15.5. The molecule has 37 heavy (non-hydrogen) atoms. The Kier molecular flexibility index (Phi) is 7.81. The van der Waals surface area contributed by atoms with Crippen molar-refractivity contribution in [3.05, 3.63) is 64.8 Å². The predicted molar refractivity (Wildman–Crippen MR) is 147 cm³/mol. The van der Waals surface area contributed by atoms with Gasteiger partial charge in [0.25, 0.3) is 5.56 Å². The largest absolute Gasteiger partial charge is 0.491 e. The first kappa shape index (κ1) is 25.7. The monoisotopic (exact) mass is 507 g/mol. The second kappa shape index (κ2) is 11.2. The molecule has 2 saturated heterocycles. The third-order valence-electron chi connectivity index (χ3n) is 7.76. The Hall–Kier alpha value is -2.90. The normalized spacial score (nSPS) is 19.3. The van der Waals surface area contributed by atoms with Crippen LogP contribution in [0.15, 0.2) is 53.5 Å². The van der Waals surface area contributed by atoms with Crippen molar-refractivity contribution >= 4 is 16.5 Å². The van der Waals surface area contributed by atoms with Crippen molar-refractivity contribution in [3.8, 4) is 11.4 Å². The molecule has 0 aliphatic carbocycles. The number of fused-ring (bicyclic) bond motifs is 1. The molecule has 0 unspecified atom stereocenters. The fraction of sp³-hybridized carbons (Fsp3) is 0.500. The molecule has 2 aliphatic rings. The van der Waals surface area contributed by atoms with Gasteiger partial charge in [-0.25, -0.2) is 4.39 Å². The van der Waals surface area contributed by atoms with Crippen LogP contribution in [0.5, 0.6) is 5.75 Å². The number of anilines is 1. The summed E-state index contributed by atoms with van der Waals surface area (Å²) in [4.78, 5) is 15.5. The van der Waals surface area contributed by atoms with Crippen molar-refractivity contribution in [3.63, 3.8) is 0 Å². The predicted octanol–water partition coefficient (Wildman–Crippen LogP) is 5.29. The second-order valence-electron chi connectivity index (χ2n) is 10.8. The molecule has 6 nitrogen and oxygen atoms in total. The second-order valence-corrected chi connectivity index (χ2v) is 10.8. The first-order chi connectivity index (χ1) is 18.0. The van der Waals surface area contributed by atoms with E-state index >= 15 is 4.39 Å². The van der Waals surface area contributed by atoms with Gasteiger partial charge in [-0.2, -0.15) is 0 Å². The highest BCUT2D eigenvalue weighted by molar-refractivity contribution is 5.83. The lowest BCUT2D eigenvalue weighted by atomic mass is 9.80. The summed E-state index contributed by atoms with van der Waals surface area (Å²) in [6.45, 7) is 9.36. The number of halogens is 1. The maximum Gasteiger partial charge on any atom is 0.262 e. The molecule has 0 bridgehead atoms. The molecule has 0 radical (unpaired) electrons. The zero-order chi connectivity index (χ0) is 25.8. The van der Waals surface area contributed by atoms with E-state index in [0.717, 1.165) is 70.3 Å². The van der Waals surface area contributed by atoms with Crippen LogP contribution in [0.3, 0.4) is 0 Å². The summed E-state index contributed by atoms with van der Waals surface area (Å²) < 4.78 is 28.5. The molecular formula is C30H38FN3O3. The molecule has 3 aromatic rings. The van der Waals surface area contributed by atoms with Gasteiger partial charge in [0.1, 0.15) is 18.2 Å². The molecule has 0 spiro atoms. The number of hydrogen-bond acceptors (Lipinski definition) is 5. The van der Waals surface area contributed by atoms with E-state index in [9.17, 15) is 4.79 Å². The van der Waals surface area contributed by atoms with E-state index in [0.29, 0.717) is 29.1 Å². The third kappa shape index (κ3) is 5.83. The Morgan fingerprint density at radius 2 is 2.03 bits per heavy atom. The zero-order valence-corrected chi connectivity index (χ0v) is 22.0. The van der Waals surface area contributed by atoms with Crippen molar-refractivity contribution in [1.82, 2.24) is 9.88 Å². The molecule has 3 heterocycles. The number of rotatable bonds is 9. The fourth-order valence-corrected chi connectivity index (χ4v) is 5.59. The summed E-state index contributed by atoms with van der Waals surface area (Å²) in [7, 11) is 0. The molecule has 198 valence electrons. The standard InChI is InChI=1S/C30H38FN3O3/c1-3-15-33(21-30(2)11-13-32-14-12-30)28-9-6-23(19-27(28)31)34-16-10-22-18-24(7-8-26(22)29(34)35)37-20-25-5-4-17-36-25/h6-10,16,18-19,25,32H,3-5,11-15,17,20-21H2,1-2H3/t25-/m1/s1. The first-order valence-corrected chi connectivity index (χ1v) is 13.6. The van der Waals surface area contributed by atoms with E-state index in [4.69, 9.17) is 9.47 Å². The van der Waals surface area contributed by atoms with Crippen LogP contribution in [0.1, 0.15) is 46.0 Å². The van der Waals surface area contributed by atoms with Gasteiger partial charge < -0.3 is 19.7 Å². The van der Waals surface area contributed by atoms with E-state index in [2.05, 4.69) is 24.1 Å². The number of pyridine rings is 1. The van der Waals surface area contributed by atoms with Crippen LogP contribution in [0.2, 0.25) is 0 Å². The average Bonchev–Trinajstić information content (AvgIpc) is 3.41. The average molecular weight is 508 g/mol. The van der Waals surface area contributed by atoms with Gasteiger partial charge in [0, 0.05) is 37.3 Å². The van der Waals surface area contributed by atoms with Crippen molar-refractivity contribution in [2.75, 3.05) is 44.3 Å². The summed E-state index contributed by atoms with van der Waals surface area (Å²) >= 11 is 0. The number of hydrogen-bond donors (Lipinski definition) is 1. The minimum Gasteiger partial charge on any atom is -0.491 e. The summed E-state index contributed by atoms with van der Waals surface area (Å²) in [5.74, 6) is 0.419. The summed E-state index contributed by atoms with van der Waals surface area (Å²) in [5, 5.41) is 4.79. The van der Waals surface area contributed by atoms with Crippen LogP contribution >= 0.6 is 0 Å². The highest BCUT2D eigenvalue weighted by Gasteiger charge is 2.30. The molecule has 1 N–H and O–H groups in total. The lowest BCUT2D eigenvalue weighted by Crippen LogP contribution is -2.43. The molecule has 1 atom stereocenters. The minimum absolute atomic E-state index is 0.136. The van der Waals surface area contributed by atoms with Gasteiger partial charge >= 0.3 is 0 Å². The molecule has 0 saturated carbocycles. The highest BCUT2D eigenvalue weighted by Crippen LogP contribution is 2.32. The Bertz CT molecular complexity index is 1280. The summed E-state index contributed by atoms with van der Waals surface area (Å²) in [6.07, 6.45) is 7.04. The van der Waals surface area contributed by atoms with Gasteiger partial charge in [0.15, 0.2) is 0 Å². The third-order valence-corrected chi connectivity index (χ3v) is 7.76. The Morgan fingerprint density at radius 1 is 1.19 bits per heavy atom. The molecular weight excluding hydrogens is 469 g/mol. The van der Waals surface area contributed by atoms with Crippen LogP contribution in [-0.4, -0.2) is 50.1 Å². The van der Waals surface area contributed by atoms with Crippen LogP contribution in [0.25, 0.3) is 16.5 Å². The molecule has 2 aromatic carbocycles. The smallest absolute Gasteiger partial charge is 0.262 e. The summed E-state index contributed by atoms with van der Waals surface area (Å²) in [5.41, 5.74) is 1.11. The van der Waals surface area contributed by atoms with Crippen LogP contribution in [0.4, 0.5) is 10.1 Å². The van der Waals surface area contributed by atoms with Crippen LogP contribution in [0, 0.1) is 11.2 Å². The minimum atomic E-state index is -0.298. The van der Waals surface area contributed by atoms with Gasteiger partial charge in [-0.3, -0.25) is 9.36 Å². The number of ether oxygens (including phenoxy) is 2. The Labute approximate surface area is 218 Å². The quantitative estimate of drug-likeness (QED) is 0.426. The number of piperidine rings is 1. The molecule has 5 rings (SSSR count). The highest BCUT2D eigenvalue weighted by atomic mass is 19.1. The van der Waals surface area contributed by atoms with Gasteiger partial charge in [-0.15, -0.1) is 0 Å². The van der Waals surface area contributed by atoms with E-state index in [1.165, 1.54) is 10.6 Å². The number of aromatic nitrogens is 1. The van der Waals surface area contributed by atoms with Gasteiger partial charge in [-0.1, -0.05) is 13.8 Å². The molecule has 2 fully saturated rings. The van der Waals surface area contributed by atoms with Crippen LogP contribution in [-0.2, 0) is 4.74 Å². The van der Waals surface area contributed by atoms with Crippen molar-refractivity contribution in [1.29, 1.82) is 0 Å². The number of benzene rings is 2. The SMILES string of the molecule is CCCN(CC1(C)CCNCC1)c1ccc(-n2ccc3cc(OC[C@H]4CCCO4)ccc3c2=O)cc1F. The summed E-state index contributed by atoms with van der Waals surface area (Å²) in [6, 6.07) is 12.5. The molecule has 2 aliphatic heterocycles. The van der Waals surface area contributed by atoms with Crippen molar-refractivity contribution < 1.29 is 13.9 Å². The Balaban J connectivity index is 1.37. The van der Waals surface area contributed by atoms with E-state index < -0.39 is 0 Å².